The number of halogens is 2. The van der Waals surface area contributed by atoms with Crippen LogP contribution >= 0.6 is 0 Å². The van der Waals surface area contributed by atoms with Crippen LogP contribution in [0.1, 0.15) is 17.4 Å². The molecule has 0 bridgehead atoms. The molecule has 2 amide bonds. The van der Waals surface area contributed by atoms with Gasteiger partial charge in [-0.15, -0.1) is 0 Å². The molecule has 1 heterocycles. The highest BCUT2D eigenvalue weighted by Gasteiger charge is 2.17. The minimum absolute atomic E-state index is 0.0929. The molecule has 0 fully saturated rings. The lowest BCUT2D eigenvalue weighted by Crippen LogP contribution is -2.40. The highest BCUT2D eigenvalue weighted by molar-refractivity contribution is 5.73. The van der Waals surface area contributed by atoms with Gasteiger partial charge < -0.3 is 15.1 Å². The van der Waals surface area contributed by atoms with Crippen LogP contribution in [0.3, 0.4) is 0 Å². The Morgan fingerprint density at radius 2 is 2.04 bits per heavy atom. The summed E-state index contributed by atoms with van der Waals surface area (Å²) in [6.07, 6.45) is 1.57. The van der Waals surface area contributed by atoms with Gasteiger partial charge in [-0.3, -0.25) is 4.90 Å². The SMILES string of the molecule is CN(C)C(CNC(=O)NCc1cc(F)ccc1F)c1ccco1. The third-order valence-corrected chi connectivity index (χ3v) is 3.40. The summed E-state index contributed by atoms with van der Waals surface area (Å²) in [6, 6.07) is 6.13. The van der Waals surface area contributed by atoms with Crippen LogP contribution in [-0.4, -0.2) is 31.6 Å². The van der Waals surface area contributed by atoms with Crippen LogP contribution in [0, 0.1) is 11.6 Å². The maximum Gasteiger partial charge on any atom is 0.315 e. The number of carbonyl (C=O) groups excluding carboxylic acids is 1. The second kappa shape index (κ2) is 7.73. The van der Waals surface area contributed by atoms with E-state index in [1.54, 1.807) is 12.3 Å². The molecule has 0 saturated heterocycles. The highest BCUT2D eigenvalue weighted by Crippen LogP contribution is 2.17. The molecule has 1 aromatic heterocycles. The zero-order valence-corrected chi connectivity index (χ0v) is 13.0. The summed E-state index contributed by atoms with van der Waals surface area (Å²) in [6.45, 7) is 0.223. The molecule has 2 N–H and O–H groups in total. The fraction of sp³-hybridized carbons (Fsp3) is 0.312. The van der Waals surface area contributed by atoms with E-state index in [1.807, 2.05) is 25.1 Å². The van der Waals surface area contributed by atoms with Crippen LogP contribution in [0.4, 0.5) is 13.6 Å². The van der Waals surface area contributed by atoms with Crippen molar-refractivity contribution in [3.8, 4) is 0 Å². The van der Waals surface area contributed by atoms with Crippen LogP contribution in [0.2, 0.25) is 0 Å². The van der Waals surface area contributed by atoms with E-state index in [-0.39, 0.29) is 18.2 Å². The molecule has 0 spiro atoms. The Balaban J connectivity index is 1.86. The molecule has 0 radical (unpaired) electrons. The smallest absolute Gasteiger partial charge is 0.315 e. The van der Waals surface area contributed by atoms with Crippen LogP contribution in [-0.2, 0) is 6.54 Å². The van der Waals surface area contributed by atoms with Crippen molar-refractivity contribution in [2.45, 2.75) is 12.6 Å². The monoisotopic (exact) mass is 323 g/mol. The van der Waals surface area contributed by atoms with E-state index < -0.39 is 17.7 Å². The number of furan rings is 1. The molecule has 7 heteroatoms. The van der Waals surface area contributed by atoms with Gasteiger partial charge in [0.2, 0.25) is 0 Å². The molecule has 1 unspecified atom stereocenters. The first-order valence-electron chi connectivity index (χ1n) is 7.13. The number of urea groups is 1. The third kappa shape index (κ3) is 4.79. The molecule has 1 aromatic carbocycles. The Hall–Kier alpha value is -2.41. The van der Waals surface area contributed by atoms with Crippen molar-refractivity contribution >= 4 is 6.03 Å². The first-order chi connectivity index (χ1) is 11.0. The Morgan fingerprint density at radius 1 is 1.26 bits per heavy atom. The summed E-state index contributed by atoms with van der Waals surface area (Å²) in [5, 5.41) is 5.19. The number of nitrogens with zero attached hydrogens (tertiary/aromatic N) is 1. The lowest BCUT2D eigenvalue weighted by Gasteiger charge is -2.22. The number of benzene rings is 1. The van der Waals surface area contributed by atoms with Crippen LogP contribution in [0.15, 0.2) is 41.0 Å². The highest BCUT2D eigenvalue weighted by atomic mass is 19.1. The molecular formula is C16H19F2N3O2. The number of amides is 2. The largest absolute Gasteiger partial charge is 0.468 e. The average Bonchev–Trinajstić information content (AvgIpc) is 3.02. The fourth-order valence-electron chi connectivity index (χ4n) is 2.12. The lowest BCUT2D eigenvalue weighted by atomic mass is 10.2. The van der Waals surface area contributed by atoms with Gasteiger partial charge in [0.15, 0.2) is 0 Å². The number of carbonyl (C=O) groups is 1. The second-order valence-electron chi connectivity index (χ2n) is 5.29. The van der Waals surface area contributed by atoms with Crippen molar-refractivity contribution in [2.24, 2.45) is 0 Å². The van der Waals surface area contributed by atoms with Crippen molar-refractivity contribution in [1.29, 1.82) is 0 Å². The van der Waals surface area contributed by atoms with Crippen molar-refractivity contribution < 1.29 is 18.0 Å². The first-order valence-corrected chi connectivity index (χ1v) is 7.13. The van der Waals surface area contributed by atoms with E-state index in [4.69, 9.17) is 4.42 Å². The Morgan fingerprint density at radius 3 is 2.70 bits per heavy atom. The van der Waals surface area contributed by atoms with Gasteiger partial charge in [0, 0.05) is 18.7 Å². The van der Waals surface area contributed by atoms with Gasteiger partial charge in [-0.25, -0.2) is 13.6 Å². The summed E-state index contributed by atoms with van der Waals surface area (Å²) >= 11 is 0. The zero-order valence-electron chi connectivity index (χ0n) is 13.0. The topological polar surface area (TPSA) is 57.5 Å². The van der Waals surface area contributed by atoms with Crippen molar-refractivity contribution in [3.05, 3.63) is 59.6 Å². The minimum Gasteiger partial charge on any atom is -0.468 e. The van der Waals surface area contributed by atoms with Gasteiger partial charge in [0.1, 0.15) is 17.4 Å². The van der Waals surface area contributed by atoms with E-state index in [9.17, 15) is 13.6 Å². The average molecular weight is 323 g/mol. The van der Waals surface area contributed by atoms with E-state index >= 15 is 0 Å². The summed E-state index contributed by atoms with van der Waals surface area (Å²) in [7, 11) is 3.74. The summed E-state index contributed by atoms with van der Waals surface area (Å²) in [5.41, 5.74) is 0.0929. The van der Waals surface area contributed by atoms with Gasteiger partial charge in [0.25, 0.3) is 0 Å². The summed E-state index contributed by atoms with van der Waals surface area (Å²) < 4.78 is 31.9. The third-order valence-electron chi connectivity index (χ3n) is 3.40. The number of hydrogen-bond donors (Lipinski definition) is 2. The predicted molar refractivity (Wildman–Crippen MR) is 81.7 cm³/mol. The fourth-order valence-corrected chi connectivity index (χ4v) is 2.12. The molecule has 2 aromatic rings. The second-order valence-corrected chi connectivity index (χ2v) is 5.29. The maximum absolute atomic E-state index is 13.5. The van der Waals surface area contributed by atoms with Gasteiger partial charge in [0.05, 0.1) is 12.3 Å². The minimum atomic E-state index is -0.562. The molecular weight excluding hydrogens is 304 g/mol. The number of hydrogen-bond acceptors (Lipinski definition) is 3. The Labute approximate surface area is 133 Å². The van der Waals surface area contributed by atoms with E-state index in [0.717, 1.165) is 24.0 Å². The van der Waals surface area contributed by atoms with Crippen molar-refractivity contribution in [1.82, 2.24) is 15.5 Å². The first kappa shape index (κ1) is 17.0. The van der Waals surface area contributed by atoms with Crippen LogP contribution in [0.5, 0.6) is 0 Å². The quantitative estimate of drug-likeness (QED) is 0.859. The lowest BCUT2D eigenvalue weighted by molar-refractivity contribution is 0.225. The normalized spacial score (nSPS) is 12.2. The molecule has 23 heavy (non-hydrogen) atoms. The summed E-state index contributed by atoms with van der Waals surface area (Å²) in [5.74, 6) is -0.381. The van der Waals surface area contributed by atoms with Gasteiger partial charge in [-0.2, -0.15) is 0 Å². The van der Waals surface area contributed by atoms with E-state index in [1.165, 1.54) is 0 Å². The van der Waals surface area contributed by atoms with Crippen molar-refractivity contribution in [3.63, 3.8) is 0 Å². The molecule has 0 aliphatic heterocycles. The molecule has 0 aliphatic rings. The van der Waals surface area contributed by atoms with Gasteiger partial charge in [-0.05, 0) is 44.4 Å². The number of nitrogens with one attached hydrogen (secondary N) is 2. The maximum atomic E-state index is 13.5. The summed E-state index contributed by atoms with van der Waals surface area (Å²) in [4.78, 5) is 13.7. The number of rotatable bonds is 6. The molecule has 0 aliphatic carbocycles. The molecule has 5 nitrogen and oxygen atoms in total. The molecule has 1 atom stereocenters. The standard InChI is InChI=1S/C16H19F2N3O2/c1-21(2)14(15-4-3-7-23-15)10-20-16(22)19-9-11-8-12(17)5-6-13(11)18/h3-8,14H,9-10H2,1-2H3,(H2,19,20,22). The van der Waals surface area contributed by atoms with Crippen LogP contribution in [0.25, 0.3) is 0 Å². The molecule has 0 saturated carbocycles. The number of likely N-dealkylation sites (N-methyl/N-ethyl adjacent to an activating group) is 1. The zero-order chi connectivity index (χ0) is 16.8. The Bertz CT molecular complexity index is 645. The van der Waals surface area contributed by atoms with Gasteiger partial charge in [-0.1, -0.05) is 0 Å². The predicted octanol–water partition coefficient (Wildman–Crippen LogP) is 2.66. The van der Waals surface area contributed by atoms with Crippen molar-refractivity contribution in [2.75, 3.05) is 20.6 Å². The molecule has 124 valence electrons. The molecule has 2 rings (SSSR count). The van der Waals surface area contributed by atoms with Crippen LogP contribution < -0.4 is 10.6 Å². The Kier molecular flexibility index (Phi) is 5.70. The van der Waals surface area contributed by atoms with Gasteiger partial charge >= 0.3 is 6.03 Å². The van der Waals surface area contributed by atoms with E-state index in [2.05, 4.69) is 10.6 Å². The van der Waals surface area contributed by atoms with E-state index in [0.29, 0.717) is 6.54 Å².